The Kier molecular flexibility index (Phi) is 3.78. The fraction of sp³-hybridized carbons (Fsp3) is 0.526. The highest BCUT2D eigenvalue weighted by Crippen LogP contribution is 2.51. The summed E-state index contributed by atoms with van der Waals surface area (Å²) in [6, 6.07) is 8.04. The predicted octanol–water partition coefficient (Wildman–Crippen LogP) is 1.05. The third-order valence-electron chi connectivity index (χ3n) is 5.75. The summed E-state index contributed by atoms with van der Waals surface area (Å²) in [7, 11) is 0. The van der Waals surface area contributed by atoms with Crippen molar-refractivity contribution in [2.24, 2.45) is 5.41 Å². The van der Waals surface area contributed by atoms with Gasteiger partial charge >= 0.3 is 0 Å². The van der Waals surface area contributed by atoms with Crippen LogP contribution in [0.25, 0.3) is 0 Å². The molecular formula is C19H23N3O3. The number of benzene rings is 1. The van der Waals surface area contributed by atoms with Crippen molar-refractivity contribution in [3.8, 4) is 0 Å². The zero-order valence-corrected chi connectivity index (χ0v) is 14.5. The van der Waals surface area contributed by atoms with Crippen LogP contribution in [0.4, 0.5) is 5.69 Å². The number of para-hydroxylation sites is 1. The molecule has 2 fully saturated rings. The molecule has 0 spiro atoms. The second kappa shape index (κ2) is 5.86. The first kappa shape index (κ1) is 16.1. The number of rotatable bonds is 3. The molecule has 2 aliphatic heterocycles. The van der Waals surface area contributed by atoms with Crippen LogP contribution in [0.5, 0.6) is 0 Å². The molecule has 2 heterocycles. The van der Waals surface area contributed by atoms with E-state index in [-0.39, 0.29) is 17.9 Å². The van der Waals surface area contributed by atoms with Crippen LogP contribution in [0, 0.1) is 5.41 Å². The Morgan fingerprint density at radius 3 is 2.40 bits per heavy atom. The molecule has 0 radical (unpaired) electrons. The molecule has 1 aromatic carbocycles. The van der Waals surface area contributed by atoms with Crippen LogP contribution in [0.3, 0.4) is 0 Å². The van der Waals surface area contributed by atoms with E-state index >= 15 is 0 Å². The minimum atomic E-state index is -0.880. The van der Waals surface area contributed by atoms with Crippen LogP contribution in [0.15, 0.2) is 24.3 Å². The van der Waals surface area contributed by atoms with Gasteiger partial charge in [0, 0.05) is 37.9 Å². The van der Waals surface area contributed by atoms with Crippen LogP contribution in [0.1, 0.15) is 25.3 Å². The number of amides is 3. The lowest BCUT2D eigenvalue weighted by molar-refractivity contribution is -0.145. The summed E-state index contributed by atoms with van der Waals surface area (Å²) in [5.74, 6) is -0.104. The van der Waals surface area contributed by atoms with E-state index in [0.29, 0.717) is 39.0 Å². The molecule has 1 saturated heterocycles. The minimum absolute atomic E-state index is 0.0484. The number of hydrogen-bond donors (Lipinski definition) is 0. The predicted molar refractivity (Wildman–Crippen MR) is 93.0 cm³/mol. The van der Waals surface area contributed by atoms with Gasteiger partial charge in [0.05, 0.1) is 0 Å². The third kappa shape index (κ3) is 2.51. The molecule has 1 atom stereocenters. The Morgan fingerprint density at radius 1 is 1.08 bits per heavy atom. The smallest absolute Gasteiger partial charge is 0.242 e. The molecule has 1 aromatic rings. The molecule has 6 nitrogen and oxygen atoms in total. The number of piperazine rings is 1. The lowest BCUT2D eigenvalue weighted by Gasteiger charge is -2.36. The number of carbonyl (C=O) groups is 3. The van der Waals surface area contributed by atoms with Gasteiger partial charge in [0.1, 0.15) is 5.41 Å². The maximum absolute atomic E-state index is 13.3. The topological polar surface area (TPSA) is 60.9 Å². The number of anilines is 1. The Morgan fingerprint density at radius 2 is 1.76 bits per heavy atom. The minimum Gasteiger partial charge on any atom is -0.342 e. The molecule has 0 bridgehead atoms. The number of carbonyl (C=O) groups excluding carboxylic acids is 3. The Balaban J connectivity index is 1.54. The van der Waals surface area contributed by atoms with Crippen molar-refractivity contribution in [2.75, 3.05) is 31.1 Å². The third-order valence-corrected chi connectivity index (χ3v) is 5.75. The first-order valence-corrected chi connectivity index (χ1v) is 8.97. The van der Waals surface area contributed by atoms with Gasteiger partial charge in [0.15, 0.2) is 0 Å². The van der Waals surface area contributed by atoms with Gasteiger partial charge in [-0.1, -0.05) is 18.2 Å². The van der Waals surface area contributed by atoms with Crippen LogP contribution in [-0.2, 0) is 20.8 Å². The van der Waals surface area contributed by atoms with Gasteiger partial charge in [-0.2, -0.15) is 0 Å². The first-order valence-electron chi connectivity index (χ1n) is 8.97. The summed E-state index contributed by atoms with van der Waals surface area (Å²) in [5.41, 5.74) is 1.24. The first-order chi connectivity index (χ1) is 12.1. The maximum Gasteiger partial charge on any atom is 0.242 e. The van der Waals surface area contributed by atoms with Gasteiger partial charge in [-0.05, 0) is 37.8 Å². The zero-order chi connectivity index (χ0) is 17.6. The van der Waals surface area contributed by atoms with E-state index in [1.165, 1.54) is 5.56 Å². The highest BCUT2D eigenvalue weighted by atomic mass is 16.2. The molecule has 1 aliphatic carbocycles. The van der Waals surface area contributed by atoms with Gasteiger partial charge in [0.2, 0.25) is 18.2 Å². The summed E-state index contributed by atoms with van der Waals surface area (Å²) in [4.78, 5) is 42.5. The Labute approximate surface area is 147 Å². The van der Waals surface area contributed by atoms with Gasteiger partial charge in [-0.25, -0.2) is 0 Å². The average Bonchev–Trinajstić information content (AvgIpc) is 3.38. The highest BCUT2D eigenvalue weighted by Gasteiger charge is 2.60. The van der Waals surface area contributed by atoms with Crippen LogP contribution in [0.2, 0.25) is 0 Å². The standard InChI is InChI=1S/C19H23N3O3/c1-14-12-15-4-2-3-5-16(15)22(14)18(25)19(6-7-19)17(24)21-10-8-20(13-23)9-11-21/h2-5,13-14H,6-12H2,1H3. The van der Waals surface area contributed by atoms with Crippen molar-refractivity contribution >= 4 is 23.9 Å². The lowest BCUT2D eigenvalue weighted by atomic mass is 10.0. The number of nitrogens with zero attached hydrogens (tertiary/aromatic N) is 3. The van der Waals surface area contributed by atoms with Crippen molar-refractivity contribution < 1.29 is 14.4 Å². The lowest BCUT2D eigenvalue weighted by Crippen LogP contribution is -2.54. The normalized spacial score (nSPS) is 24.0. The summed E-state index contributed by atoms with van der Waals surface area (Å²) in [6.07, 6.45) is 2.92. The van der Waals surface area contributed by atoms with Crippen LogP contribution < -0.4 is 4.90 Å². The molecular weight excluding hydrogens is 318 g/mol. The molecule has 3 amide bonds. The molecule has 6 heteroatoms. The van der Waals surface area contributed by atoms with E-state index in [9.17, 15) is 14.4 Å². The molecule has 0 aromatic heterocycles. The molecule has 132 valence electrons. The fourth-order valence-electron chi connectivity index (χ4n) is 4.08. The van der Waals surface area contributed by atoms with E-state index in [0.717, 1.165) is 18.5 Å². The SMILES string of the molecule is CC1Cc2ccccc2N1C(=O)C1(C(=O)N2CCN(C=O)CC2)CC1. The van der Waals surface area contributed by atoms with Crippen LogP contribution >= 0.6 is 0 Å². The van der Waals surface area contributed by atoms with E-state index < -0.39 is 5.41 Å². The fourth-order valence-corrected chi connectivity index (χ4v) is 4.08. The summed E-state index contributed by atoms with van der Waals surface area (Å²) >= 11 is 0. The Bertz CT molecular complexity index is 720. The van der Waals surface area contributed by atoms with Crippen molar-refractivity contribution in [1.82, 2.24) is 9.80 Å². The molecule has 25 heavy (non-hydrogen) atoms. The number of fused-ring (bicyclic) bond motifs is 1. The Hall–Kier alpha value is -2.37. The van der Waals surface area contributed by atoms with Crippen molar-refractivity contribution in [1.29, 1.82) is 0 Å². The average molecular weight is 341 g/mol. The second-order valence-corrected chi connectivity index (χ2v) is 7.37. The number of hydrogen-bond acceptors (Lipinski definition) is 3. The van der Waals surface area contributed by atoms with E-state index in [1.807, 2.05) is 30.0 Å². The molecule has 0 N–H and O–H groups in total. The van der Waals surface area contributed by atoms with Gasteiger partial charge in [0.25, 0.3) is 0 Å². The summed E-state index contributed by atoms with van der Waals surface area (Å²) < 4.78 is 0. The zero-order valence-electron chi connectivity index (χ0n) is 14.5. The van der Waals surface area contributed by atoms with E-state index in [2.05, 4.69) is 6.07 Å². The maximum atomic E-state index is 13.3. The van der Waals surface area contributed by atoms with E-state index in [4.69, 9.17) is 0 Å². The quantitative estimate of drug-likeness (QED) is 0.610. The van der Waals surface area contributed by atoms with Gasteiger partial charge in [-0.15, -0.1) is 0 Å². The van der Waals surface area contributed by atoms with Crippen molar-refractivity contribution in [3.63, 3.8) is 0 Å². The second-order valence-electron chi connectivity index (χ2n) is 7.37. The summed E-state index contributed by atoms with van der Waals surface area (Å²) in [6.45, 7) is 4.16. The molecule has 4 rings (SSSR count). The highest BCUT2D eigenvalue weighted by molar-refractivity contribution is 6.15. The van der Waals surface area contributed by atoms with Gasteiger partial charge in [-0.3, -0.25) is 14.4 Å². The van der Waals surface area contributed by atoms with Crippen molar-refractivity contribution in [2.45, 2.75) is 32.2 Å². The van der Waals surface area contributed by atoms with Crippen molar-refractivity contribution in [3.05, 3.63) is 29.8 Å². The van der Waals surface area contributed by atoms with E-state index in [1.54, 1.807) is 9.80 Å². The largest absolute Gasteiger partial charge is 0.342 e. The van der Waals surface area contributed by atoms with Crippen LogP contribution in [-0.4, -0.2) is 60.2 Å². The molecule has 3 aliphatic rings. The molecule has 1 unspecified atom stereocenters. The molecule has 1 saturated carbocycles. The monoisotopic (exact) mass is 341 g/mol. The van der Waals surface area contributed by atoms with Gasteiger partial charge < -0.3 is 14.7 Å². The summed E-state index contributed by atoms with van der Waals surface area (Å²) in [5, 5.41) is 0.